The Morgan fingerprint density at radius 1 is 1.25 bits per heavy atom. The molecule has 0 aliphatic heterocycles. The van der Waals surface area contributed by atoms with Gasteiger partial charge in [0.1, 0.15) is 6.10 Å². The Balaban J connectivity index is 1.66. The molecule has 106 valence electrons. The molecule has 2 aliphatic carbocycles. The zero-order valence-corrected chi connectivity index (χ0v) is 11.6. The van der Waals surface area contributed by atoms with Crippen LogP contribution in [0.3, 0.4) is 0 Å². The minimum atomic E-state index is -0.283. The van der Waals surface area contributed by atoms with Gasteiger partial charge in [0.15, 0.2) is 0 Å². The Labute approximate surface area is 118 Å². The van der Waals surface area contributed by atoms with E-state index in [1.54, 1.807) is 24.3 Å². The van der Waals surface area contributed by atoms with E-state index in [-0.39, 0.29) is 18.0 Å². The molecule has 2 aliphatic rings. The molecule has 0 saturated heterocycles. The number of amides is 1. The molecule has 0 spiro atoms. The summed E-state index contributed by atoms with van der Waals surface area (Å²) >= 11 is 0. The van der Waals surface area contributed by atoms with Gasteiger partial charge >= 0.3 is 5.97 Å². The van der Waals surface area contributed by atoms with Crippen molar-refractivity contribution in [3.8, 4) is 0 Å². The van der Waals surface area contributed by atoms with Crippen molar-refractivity contribution >= 4 is 17.6 Å². The third-order valence-electron chi connectivity index (χ3n) is 4.35. The maximum absolute atomic E-state index is 12.2. The van der Waals surface area contributed by atoms with Crippen molar-refractivity contribution in [3.05, 3.63) is 29.8 Å². The molecule has 1 aromatic rings. The highest BCUT2D eigenvalue weighted by Gasteiger charge is 2.41. The number of hydrogen-bond donors (Lipinski definition) is 1. The minimum absolute atomic E-state index is 0.0886. The number of hydrogen-bond acceptors (Lipinski definition) is 3. The van der Waals surface area contributed by atoms with Crippen LogP contribution in [0.1, 0.15) is 43.0 Å². The summed E-state index contributed by atoms with van der Waals surface area (Å²) in [6.45, 7) is 1.44. The quantitative estimate of drug-likeness (QED) is 0.861. The lowest BCUT2D eigenvalue weighted by Gasteiger charge is -2.22. The van der Waals surface area contributed by atoms with Crippen molar-refractivity contribution in [1.82, 2.24) is 0 Å². The molecule has 2 fully saturated rings. The normalized spacial score (nSPS) is 27.4. The molecular formula is C16H19NO3. The van der Waals surface area contributed by atoms with Gasteiger partial charge in [-0.25, -0.2) is 4.79 Å². The van der Waals surface area contributed by atoms with E-state index in [1.165, 1.54) is 26.2 Å². The Morgan fingerprint density at radius 2 is 2.10 bits per heavy atom. The molecule has 1 amide bonds. The van der Waals surface area contributed by atoms with E-state index in [2.05, 4.69) is 5.32 Å². The standard InChI is InChI=1S/C16H19NO3/c1-10(18)17-14-4-2-3-13(9-14)16(19)20-15-8-11-5-6-12(15)7-11/h2-4,9,11-12,15H,5-8H2,1H3,(H,17,18). The predicted octanol–water partition coefficient (Wildman–Crippen LogP) is 2.99. The molecule has 0 radical (unpaired) electrons. The van der Waals surface area contributed by atoms with E-state index in [9.17, 15) is 9.59 Å². The summed E-state index contributed by atoms with van der Waals surface area (Å²) in [5.41, 5.74) is 1.12. The van der Waals surface area contributed by atoms with E-state index < -0.39 is 0 Å². The molecule has 3 atom stereocenters. The van der Waals surface area contributed by atoms with Crippen molar-refractivity contribution in [2.75, 3.05) is 5.32 Å². The number of ether oxygens (including phenoxy) is 1. The molecule has 3 rings (SSSR count). The highest BCUT2D eigenvalue weighted by atomic mass is 16.5. The van der Waals surface area contributed by atoms with Gasteiger partial charge < -0.3 is 10.1 Å². The summed E-state index contributed by atoms with van der Waals surface area (Å²) in [7, 11) is 0. The van der Waals surface area contributed by atoms with Crippen LogP contribution in [0, 0.1) is 11.8 Å². The maximum atomic E-state index is 12.2. The number of fused-ring (bicyclic) bond motifs is 2. The average molecular weight is 273 g/mol. The van der Waals surface area contributed by atoms with Crippen LogP contribution in [0.4, 0.5) is 5.69 Å². The summed E-state index contributed by atoms with van der Waals surface area (Å²) in [5, 5.41) is 2.67. The smallest absolute Gasteiger partial charge is 0.338 e. The lowest BCUT2D eigenvalue weighted by atomic mass is 9.98. The van der Waals surface area contributed by atoms with E-state index in [1.807, 2.05) is 0 Å². The second kappa shape index (κ2) is 5.27. The molecule has 3 unspecified atom stereocenters. The first-order valence-electron chi connectivity index (χ1n) is 7.20. The summed E-state index contributed by atoms with van der Waals surface area (Å²) in [6, 6.07) is 6.90. The van der Waals surface area contributed by atoms with Gasteiger partial charge in [-0.05, 0) is 55.7 Å². The van der Waals surface area contributed by atoms with Crippen LogP contribution in [0.5, 0.6) is 0 Å². The maximum Gasteiger partial charge on any atom is 0.338 e. The summed E-state index contributed by atoms with van der Waals surface area (Å²) in [5.74, 6) is 0.879. The number of esters is 1. The van der Waals surface area contributed by atoms with Gasteiger partial charge in [-0.3, -0.25) is 4.79 Å². The van der Waals surface area contributed by atoms with Gasteiger partial charge in [0.05, 0.1) is 5.56 Å². The van der Waals surface area contributed by atoms with Crippen LogP contribution in [0.25, 0.3) is 0 Å². The number of carbonyl (C=O) groups excluding carboxylic acids is 2. The topological polar surface area (TPSA) is 55.4 Å². The van der Waals surface area contributed by atoms with E-state index >= 15 is 0 Å². The fourth-order valence-electron chi connectivity index (χ4n) is 3.46. The Morgan fingerprint density at radius 3 is 2.75 bits per heavy atom. The van der Waals surface area contributed by atoms with Gasteiger partial charge in [-0.15, -0.1) is 0 Å². The molecule has 2 saturated carbocycles. The van der Waals surface area contributed by atoms with Crippen molar-refractivity contribution in [3.63, 3.8) is 0 Å². The van der Waals surface area contributed by atoms with Gasteiger partial charge in [0.25, 0.3) is 0 Å². The van der Waals surface area contributed by atoms with Crippen LogP contribution in [0.2, 0.25) is 0 Å². The Bertz CT molecular complexity index is 540. The predicted molar refractivity (Wildman–Crippen MR) is 75.4 cm³/mol. The first-order chi connectivity index (χ1) is 9.61. The van der Waals surface area contributed by atoms with Crippen molar-refractivity contribution in [2.24, 2.45) is 11.8 Å². The lowest BCUT2D eigenvalue weighted by Crippen LogP contribution is -2.24. The third-order valence-corrected chi connectivity index (χ3v) is 4.35. The highest BCUT2D eigenvalue weighted by molar-refractivity contribution is 5.93. The van der Waals surface area contributed by atoms with Crippen LogP contribution < -0.4 is 5.32 Å². The number of benzene rings is 1. The van der Waals surface area contributed by atoms with Crippen molar-refractivity contribution in [1.29, 1.82) is 0 Å². The first kappa shape index (κ1) is 13.2. The number of rotatable bonds is 3. The molecule has 0 heterocycles. The molecule has 20 heavy (non-hydrogen) atoms. The largest absolute Gasteiger partial charge is 0.458 e. The lowest BCUT2D eigenvalue weighted by molar-refractivity contribution is -0.114. The van der Waals surface area contributed by atoms with Crippen LogP contribution in [-0.2, 0) is 9.53 Å². The second-order valence-corrected chi connectivity index (χ2v) is 5.88. The number of carbonyl (C=O) groups is 2. The van der Waals surface area contributed by atoms with Crippen LogP contribution in [-0.4, -0.2) is 18.0 Å². The van der Waals surface area contributed by atoms with E-state index in [4.69, 9.17) is 4.74 Å². The highest BCUT2D eigenvalue weighted by Crippen LogP contribution is 2.46. The van der Waals surface area contributed by atoms with E-state index in [0.717, 1.165) is 12.3 Å². The Hall–Kier alpha value is -1.84. The molecule has 0 aromatic heterocycles. The molecule has 1 aromatic carbocycles. The van der Waals surface area contributed by atoms with Crippen LogP contribution >= 0.6 is 0 Å². The minimum Gasteiger partial charge on any atom is -0.458 e. The second-order valence-electron chi connectivity index (χ2n) is 5.88. The van der Waals surface area contributed by atoms with Gasteiger partial charge in [0.2, 0.25) is 5.91 Å². The Kier molecular flexibility index (Phi) is 3.47. The monoisotopic (exact) mass is 273 g/mol. The fraction of sp³-hybridized carbons (Fsp3) is 0.500. The first-order valence-corrected chi connectivity index (χ1v) is 7.20. The molecule has 4 nitrogen and oxygen atoms in total. The summed E-state index contributed by atoms with van der Waals surface area (Å²) in [4.78, 5) is 23.2. The number of nitrogens with one attached hydrogen (secondary N) is 1. The van der Waals surface area contributed by atoms with Gasteiger partial charge in [-0.1, -0.05) is 6.07 Å². The average Bonchev–Trinajstić information content (AvgIpc) is 3.00. The summed E-state index contributed by atoms with van der Waals surface area (Å²) < 4.78 is 5.64. The SMILES string of the molecule is CC(=O)Nc1cccc(C(=O)OC2CC3CCC2C3)c1. The van der Waals surface area contributed by atoms with Crippen molar-refractivity contribution < 1.29 is 14.3 Å². The number of anilines is 1. The van der Waals surface area contributed by atoms with E-state index in [0.29, 0.717) is 17.2 Å². The van der Waals surface area contributed by atoms with Gasteiger partial charge in [-0.2, -0.15) is 0 Å². The molecule has 1 N–H and O–H groups in total. The molecule has 4 heteroatoms. The summed E-state index contributed by atoms with van der Waals surface area (Å²) in [6.07, 6.45) is 4.79. The van der Waals surface area contributed by atoms with Crippen LogP contribution in [0.15, 0.2) is 24.3 Å². The zero-order chi connectivity index (χ0) is 14.1. The fourth-order valence-corrected chi connectivity index (χ4v) is 3.46. The molecule has 2 bridgehead atoms. The molecular weight excluding hydrogens is 254 g/mol. The van der Waals surface area contributed by atoms with Gasteiger partial charge in [0, 0.05) is 12.6 Å². The zero-order valence-electron chi connectivity index (χ0n) is 11.6. The third kappa shape index (κ3) is 2.69. The van der Waals surface area contributed by atoms with Crippen molar-refractivity contribution in [2.45, 2.75) is 38.7 Å².